The van der Waals surface area contributed by atoms with Crippen LogP contribution in [0.25, 0.3) is 0 Å². The van der Waals surface area contributed by atoms with E-state index >= 15 is 0 Å². The zero-order valence-corrected chi connectivity index (χ0v) is 10.9. The average Bonchev–Trinajstić information content (AvgIpc) is 2.38. The number of nitrogens with zero attached hydrogens (tertiary/aromatic N) is 1. The lowest BCUT2D eigenvalue weighted by Gasteiger charge is -2.05. The van der Waals surface area contributed by atoms with Crippen LogP contribution in [0.2, 0.25) is 0 Å². The Balaban J connectivity index is 1.98. The third kappa shape index (κ3) is 3.37. The molecule has 0 aliphatic carbocycles. The Kier molecular flexibility index (Phi) is 4.04. The average molecular weight is 310 g/mol. The summed E-state index contributed by atoms with van der Waals surface area (Å²) in [4.78, 5) is 15.0. The summed E-state index contributed by atoms with van der Waals surface area (Å²) < 4.78 is 18.8. The van der Waals surface area contributed by atoms with Crippen LogP contribution in [0.15, 0.2) is 47.1 Å². The predicted octanol–water partition coefficient (Wildman–Crippen LogP) is 3.34. The quantitative estimate of drug-likeness (QED) is 0.645. The number of carbonyl (C=O) groups excluding carboxylic acids is 1. The van der Waals surface area contributed by atoms with Crippen molar-refractivity contribution in [1.82, 2.24) is 4.98 Å². The van der Waals surface area contributed by atoms with Crippen molar-refractivity contribution < 1.29 is 13.9 Å². The smallest absolute Gasteiger partial charge is 0.338 e. The summed E-state index contributed by atoms with van der Waals surface area (Å²) in [7, 11) is 0. The normalized spacial score (nSPS) is 10.1. The first-order valence-corrected chi connectivity index (χ1v) is 5.97. The van der Waals surface area contributed by atoms with Gasteiger partial charge >= 0.3 is 5.97 Å². The summed E-state index contributed by atoms with van der Waals surface area (Å²) >= 11 is 3.31. The Hall–Kier alpha value is -1.75. The van der Waals surface area contributed by atoms with Crippen molar-refractivity contribution >= 4 is 21.9 Å². The van der Waals surface area contributed by atoms with E-state index < -0.39 is 11.9 Å². The van der Waals surface area contributed by atoms with Crippen molar-refractivity contribution in [1.29, 1.82) is 0 Å². The summed E-state index contributed by atoms with van der Waals surface area (Å²) in [5.74, 6) is -1.27. The van der Waals surface area contributed by atoms with Gasteiger partial charge in [-0.2, -0.15) is 4.39 Å². The third-order valence-electron chi connectivity index (χ3n) is 2.25. The Bertz CT molecular complexity index is 557. The van der Waals surface area contributed by atoms with E-state index in [9.17, 15) is 9.18 Å². The number of aromatic nitrogens is 1. The van der Waals surface area contributed by atoms with Gasteiger partial charge in [0.1, 0.15) is 6.61 Å². The van der Waals surface area contributed by atoms with Gasteiger partial charge in [0, 0.05) is 16.7 Å². The molecule has 0 aliphatic rings. The zero-order valence-electron chi connectivity index (χ0n) is 9.27. The Morgan fingerprint density at radius 1 is 1.28 bits per heavy atom. The summed E-state index contributed by atoms with van der Waals surface area (Å²) in [6.07, 6.45) is 1.23. The molecule has 0 aliphatic heterocycles. The summed E-state index contributed by atoms with van der Waals surface area (Å²) in [5, 5.41) is 0. The van der Waals surface area contributed by atoms with E-state index in [1.165, 1.54) is 12.3 Å². The van der Waals surface area contributed by atoms with Gasteiger partial charge in [0.2, 0.25) is 5.95 Å². The topological polar surface area (TPSA) is 39.2 Å². The van der Waals surface area contributed by atoms with Crippen LogP contribution in [0.4, 0.5) is 4.39 Å². The zero-order chi connectivity index (χ0) is 13.0. The van der Waals surface area contributed by atoms with E-state index in [1.54, 1.807) is 0 Å². The minimum atomic E-state index is -0.701. The molecular formula is C13H9BrFNO2. The Labute approximate surface area is 112 Å². The SMILES string of the molecule is O=C(OCc1ccc(Br)cc1)c1ccnc(F)c1. The second kappa shape index (κ2) is 5.73. The molecule has 1 aromatic heterocycles. The number of ether oxygens (including phenoxy) is 1. The molecule has 0 saturated carbocycles. The molecule has 92 valence electrons. The maximum Gasteiger partial charge on any atom is 0.338 e. The third-order valence-corrected chi connectivity index (χ3v) is 2.77. The summed E-state index contributed by atoms with van der Waals surface area (Å²) in [6.45, 7) is 0.149. The lowest BCUT2D eigenvalue weighted by atomic mass is 10.2. The first-order valence-electron chi connectivity index (χ1n) is 5.18. The molecule has 0 fully saturated rings. The molecule has 1 heterocycles. The molecule has 0 bridgehead atoms. The maximum absolute atomic E-state index is 12.8. The van der Waals surface area contributed by atoms with Gasteiger partial charge in [0.05, 0.1) is 5.56 Å². The molecule has 18 heavy (non-hydrogen) atoms. The van der Waals surface area contributed by atoms with Crippen LogP contribution in [0.1, 0.15) is 15.9 Å². The number of esters is 1. The van der Waals surface area contributed by atoms with Crippen LogP contribution >= 0.6 is 15.9 Å². The van der Waals surface area contributed by atoms with Crippen molar-refractivity contribution in [3.05, 3.63) is 64.1 Å². The number of hydrogen-bond acceptors (Lipinski definition) is 3. The van der Waals surface area contributed by atoms with Crippen LogP contribution in [-0.2, 0) is 11.3 Å². The molecule has 0 unspecified atom stereocenters. The van der Waals surface area contributed by atoms with Gasteiger partial charge in [-0.1, -0.05) is 28.1 Å². The monoisotopic (exact) mass is 309 g/mol. The Morgan fingerprint density at radius 3 is 2.67 bits per heavy atom. The standard InChI is InChI=1S/C13H9BrFNO2/c14-11-3-1-9(2-4-11)8-18-13(17)10-5-6-16-12(15)7-10/h1-7H,8H2. The minimum absolute atomic E-state index is 0.149. The highest BCUT2D eigenvalue weighted by atomic mass is 79.9. The fourth-order valence-electron chi connectivity index (χ4n) is 1.34. The molecule has 0 saturated heterocycles. The van der Waals surface area contributed by atoms with Crippen LogP contribution in [0, 0.1) is 5.95 Å². The minimum Gasteiger partial charge on any atom is -0.457 e. The molecule has 2 aromatic rings. The number of halogens is 2. The van der Waals surface area contributed by atoms with Gasteiger partial charge < -0.3 is 4.74 Å². The second-order valence-electron chi connectivity index (χ2n) is 3.57. The summed E-state index contributed by atoms with van der Waals surface area (Å²) in [6, 6.07) is 9.84. The molecule has 0 spiro atoms. The van der Waals surface area contributed by atoms with E-state index in [4.69, 9.17) is 4.74 Å². The van der Waals surface area contributed by atoms with E-state index in [0.29, 0.717) is 0 Å². The molecule has 0 atom stereocenters. The molecule has 0 radical (unpaired) electrons. The second-order valence-corrected chi connectivity index (χ2v) is 4.49. The molecule has 0 amide bonds. The van der Waals surface area contributed by atoms with Gasteiger partial charge in [-0.25, -0.2) is 9.78 Å². The molecular weight excluding hydrogens is 301 g/mol. The number of benzene rings is 1. The van der Waals surface area contributed by atoms with Gasteiger partial charge in [-0.05, 0) is 23.8 Å². The van der Waals surface area contributed by atoms with Gasteiger partial charge in [0.25, 0.3) is 0 Å². The molecule has 5 heteroatoms. The van der Waals surface area contributed by atoms with Crippen molar-refractivity contribution in [2.24, 2.45) is 0 Å². The highest BCUT2D eigenvalue weighted by Gasteiger charge is 2.08. The molecule has 2 rings (SSSR count). The van der Waals surface area contributed by atoms with E-state index in [1.807, 2.05) is 24.3 Å². The lowest BCUT2D eigenvalue weighted by molar-refractivity contribution is 0.0472. The van der Waals surface area contributed by atoms with E-state index in [-0.39, 0.29) is 12.2 Å². The van der Waals surface area contributed by atoms with E-state index in [0.717, 1.165) is 16.1 Å². The van der Waals surface area contributed by atoms with Gasteiger partial charge in [0.15, 0.2) is 0 Å². The van der Waals surface area contributed by atoms with E-state index in [2.05, 4.69) is 20.9 Å². The van der Waals surface area contributed by atoms with Crippen molar-refractivity contribution in [2.75, 3.05) is 0 Å². The number of hydrogen-bond donors (Lipinski definition) is 0. The highest BCUT2D eigenvalue weighted by Crippen LogP contribution is 2.12. The highest BCUT2D eigenvalue weighted by molar-refractivity contribution is 9.10. The van der Waals surface area contributed by atoms with Crippen molar-refractivity contribution in [3.63, 3.8) is 0 Å². The van der Waals surface area contributed by atoms with Crippen LogP contribution in [0.3, 0.4) is 0 Å². The number of carbonyl (C=O) groups is 1. The van der Waals surface area contributed by atoms with Crippen LogP contribution in [0.5, 0.6) is 0 Å². The molecule has 3 nitrogen and oxygen atoms in total. The lowest BCUT2D eigenvalue weighted by Crippen LogP contribution is -2.06. The van der Waals surface area contributed by atoms with Crippen molar-refractivity contribution in [3.8, 4) is 0 Å². The van der Waals surface area contributed by atoms with Crippen LogP contribution in [-0.4, -0.2) is 11.0 Å². The number of rotatable bonds is 3. The summed E-state index contributed by atoms with van der Waals surface area (Å²) in [5.41, 5.74) is 1.01. The molecule has 1 aromatic carbocycles. The van der Waals surface area contributed by atoms with Crippen LogP contribution < -0.4 is 0 Å². The van der Waals surface area contributed by atoms with Gasteiger partial charge in [-0.3, -0.25) is 0 Å². The number of pyridine rings is 1. The first-order chi connectivity index (χ1) is 8.65. The van der Waals surface area contributed by atoms with Gasteiger partial charge in [-0.15, -0.1) is 0 Å². The van der Waals surface area contributed by atoms with Crippen molar-refractivity contribution in [2.45, 2.75) is 6.61 Å². The Morgan fingerprint density at radius 2 is 2.00 bits per heavy atom. The maximum atomic E-state index is 12.8. The largest absolute Gasteiger partial charge is 0.457 e. The first kappa shape index (κ1) is 12.7. The fourth-order valence-corrected chi connectivity index (χ4v) is 1.61. The predicted molar refractivity (Wildman–Crippen MR) is 67.5 cm³/mol. The molecule has 0 N–H and O–H groups in total. The fraction of sp³-hybridized carbons (Fsp3) is 0.0769.